The molecular weight excluding hydrogens is 380 g/mol. The first kappa shape index (κ1) is 18.1. The molecule has 1 aliphatic rings. The molecular formula is C20H17ClN4O3. The summed E-state index contributed by atoms with van der Waals surface area (Å²) in [5.74, 6) is 1.77. The third-order valence-electron chi connectivity index (χ3n) is 4.16. The van der Waals surface area contributed by atoms with Crippen LogP contribution in [0.1, 0.15) is 21.6 Å². The minimum absolute atomic E-state index is 0.249. The Bertz CT molecular complexity index is 978. The summed E-state index contributed by atoms with van der Waals surface area (Å²) in [4.78, 5) is 20.6. The van der Waals surface area contributed by atoms with Crippen LogP contribution in [0.3, 0.4) is 0 Å². The van der Waals surface area contributed by atoms with Gasteiger partial charge < -0.3 is 20.1 Å². The van der Waals surface area contributed by atoms with Gasteiger partial charge in [-0.15, -0.1) is 0 Å². The number of hydrogen-bond donors (Lipinski definition) is 2. The van der Waals surface area contributed by atoms with Crippen molar-refractivity contribution in [2.45, 2.75) is 13.1 Å². The van der Waals surface area contributed by atoms with E-state index in [1.165, 1.54) is 12.4 Å². The van der Waals surface area contributed by atoms with Gasteiger partial charge in [-0.2, -0.15) is 0 Å². The van der Waals surface area contributed by atoms with Crippen LogP contribution in [0.2, 0.25) is 5.02 Å². The number of amides is 1. The van der Waals surface area contributed by atoms with Gasteiger partial charge in [0.15, 0.2) is 11.5 Å². The molecule has 4 rings (SSSR count). The fraction of sp³-hybridized carbons (Fsp3) is 0.150. The molecule has 2 N–H and O–H groups in total. The summed E-state index contributed by atoms with van der Waals surface area (Å²) in [5, 5.41) is 6.63. The molecule has 0 bridgehead atoms. The predicted molar refractivity (Wildman–Crippen MR) is 105 cm³/mol. The fourth-order valence-corrected chi connectivity index (χ4v) is 2.78. The van der Waals surface area contributed by atoms with E-state index in [9.17, 15) is 4.79 Å². The molecule has 0 fully saturated rings. The molecule has 0 radical (unpaired) electrons. The number of nitrogens with one attached hydrogen (secondary N) is 2. The first-order valence-corrected chi connectivity index (χ1v) is 9.02. The average molecular weight is 397 g/mol. The second-order valence-electron chi connectivity index (χ2n) is 6.14. The first-order chi connectivity index (χ1) is 13.7. The van der Waals surface area contributed by atoms with Crippen molar-refractivity contribution >= 4 is 23.3 Å². The zero-order valence-corrected chi connectivity index (χ0v) is 15.6. The Balaban J connectivity index is 1.30. The summed E-state index contributed by atoms with van der Waals surface area (Å²) in [5.41, 5.74) is 2.23. The molecule has 0 spiro atoms. The van der Waals surface area contributed by atoms with E-state index in [1.807, 2.05) is 30.3 Å². The standard InChI is InChI=1S/C20H17ClN4O3/c21-15-4-1-13(2-5-15)8-25-20(26)16-10-24-19(11-22-16)23-9-14-3-6-17-18(7-14)28-12-27-17/h1-7,10-11H,8-9,12H2,(H,23,24)(H,25,26). The molecule has 0 saturated carbocycles. The third kappa shape index (κ3) is 4.32. The van der Waals surface area contributed by atoms with E-state index in [0.717, 1.165) is 22.6 Å². The van der Waals surface area contributed by atoms with Crippen molar-refractivity contribution in [3.8, 4) is 11.5 Å². The first-order valence-electron chi connectivity index (χ1n) is 8.64. The molecule has 2 heterocycles. The highest BCUT2D eigenvalue weighted by Crippen LogP contribution is 2.32. The zero-order chi connectivity index (χ0) is 19.3. The summed E-state index contributed by atoms with van der Waals surface area (Å²) in [6.07, 6.45) is 2.98. The number of fused-ring (bicyclic) bond motifs is 1. The van der Waals surface area contributed by atoms with Gasteiger partial charge in [0.25, 0.3) is 5.91 Å². The molecule has 0 aliphatic carbocycles. The van der Waals surface area contributed by atoms with Crippen molar-refractivity contribution in [3.63, 3.8) is 0 Å². The molecule has 1 aliphatic heterocycles. The average Bonchev–Trinajstić information content (AvgIpc) is 3.20. The van der Waals surface area contributed by atoms with Crippen LogP contribution < -0.4 is 20.1 Å². The van der Waals surface area contributed by atoms with Crippen LogP contribution in [-0.4, -0.2) is 22.7 Å². The number of hydrogen-bond acceptors (Lipinski definition) is 6. The van der Waals surface area contributed by atoms with Crippen LogP contribution in [0.15, 0.2) is 54.9 Å². The summed E-state index contributed by atoms with van der Waals surface area (Å²) >= 11 is 5.85. The van der Waals surface area contributed by atoms with Crippen molar-refractivity contribution in [3.05, 3.63) is 76.7 Å². The number of ether oxygens (including phenoxy) is 2. The maximum atomic E-state index is 12.2. The van der Waals surface area contributed by atoms with Crippen molar-refractivity contribution in [1.29, 1.82) is 0 Å². The highest BCUT2D eigenvalue weighted by atomic mass is 35.5. The predicted octanol–water partition coefficient (Wildman–Crippen LogP) is 3.40. The molecule has 3 aromatic rings. The third-order valence-corrected chi connectivity index (χ3v) is 4.41. The number of carbonyl (C=O) groups excluding carboxylic acids is 1. The lowest BCUT2D eigenvalue weighted by atomic mass is 10.2. The van der Waals surface area contributed by atoms with E-state index < -0.39 is 0 Å². The Hall–Kier alpha value is -3.32. The molecule has 1 aromatic heterocycles. The summed E-state index contributed by atoms with van der Waals surface area (Å²) < 4.78 is 10.7. The molecule has 142 valence electrons. The number of carbonyl (C=O) groups is 1. The molecule has 0 unspecified atom stereocenters. The second-order valence-corrected chi connectivity index (χ2v) is 6.57. The van der Waals surface area contributed by atoms with Crippen molar-refractivity contribution in [2.24, 2.45) is 0 Å². The van der Waals surface area contributed by atoms with Crippen LogP contribution in [0.25, 0.3) is 0 Å². The zero-order valence-electron chi connectivity index (χ0n) is 14.8. The van der Waals surface area contributed by atoms with E-state index in [4.69, 9.17) is 21.1 Å². The molecule has 2 aromatic carbocycles. The van der Waals surface area contributed by atoms with E-state index in [2.05, 4.69) is 20.6 Å². The Morgan fingerprint density at radius 3 is 2.54 bits per heavy atom. The van der Waals surface area contributed by atoms with E-state index >= 15 is 0 Å². The van der Waals surface area contributed by atoms with Crippen LogP contribution >= 0.6 is 11.6 Å². The van der Waals surface area contributed by atoms with Gasteiger partial charge in [-0.25, -0.2) is 9.97 Å². The Morgan fingerprint density at radius 2 is 1.75 bits per heavy atom. The van der Waals surface area contributed by atoms with E-state index in [-0.39, 0.29) is 18.4 Å². The number of halogens is 1. The number of rotatable bonds is 6. The Kier molecular flexibility index (Phi) is 5.25. The lowest BCUT2D eigenvalue weighted by Gasteiger charge is -2.08. The summed E-state index contributed by atoms with van der Waals surface area (Å²) in [7, 11) is 0. The smallest absolute Gasteiger partial charge is 0.271 e. The molecule has 28 heavy (non-hydrogen) atoms. The number of aromatic nitrogens is 2. The van der Waals surface area contributed by atoms with E-state index in [0.29, 0.717) is 23.9 Å². The number of anilines is 1. The molecule has 8 heteroatoms. The maximum Gasteiger partial charge on any atom is 0.271 e. The SMILES string of the molecule is O=C(NCc1ccc(Cl)cc1)c1cnc(NCc2ccc3c(c2)OCO3)cn1. The largest absolute Gasteiger partial charge is 0.454 e. The minimum Gasteiger partial charge on any atom is -0.454 e. The molecule has 0 atom stereocenters. The lowest BCUT2D eigenvalue weighted by Crippen LogP contribution is -2.24. The summed E-state index contributed by atoms with van der Waals surface area (Å²) in [6.45, 7) is 1.19. The quantitative estimate of drug-likeness (QED) is 0.664. The van der Waals surface area contributed by atoms with Crippen molar-refractivity contribution < 1.29 is 14.3 Å². The van der Waals surface area contributed by atoms with Crippen molar-refractivity contribution in [2.75, 3.05) is 12.1 Å². The number of benzene rings is 2. The van der Waals surface area contributed by atoms with Crippen LogP contribution in [0.4, 0.5) is 5.82 Å². The summed E-state index contributed by atoms with van der Waals surface area (Å²) in [6, 6.07) is 13.0. The molecule has 7 nitrogen and oxygen atoms in total. The fourth-order valence-electron chi connectivity index (χ4n) is 2.66. The highest BCUT2D eigenvalue weighted by Gasteiger charge is 2.13. The van der Waals surface area contributed by atoms with Gasteiger partial charge in [0, 0.05) is 18.1 Å². The maximum absolute atomic E-state index is 12.2. The Labute approximate surface area is 166 Å². The highest BCUT2D eigenvalue weighted by molar-refractivity contribution is 6.30. The second kappa shape index (κ2) is 8.14. The van der Waals surface area contributed by atoms with Crippen LogP contribution in [0, 0.1) is 0 Å². The number of nitrogens with zero attached hydrogens (tertiary/aromatic N) is 2. The lowest BCUT2D eigenvalue weighted by molar-refractivity contribution is 0.0945. The van der Waals surface area contributed by atoms with Crippen LogP contribution in [0.5, 0.6) is 11.5 Å². The van der Waals surface area contributed by atoms with Gasteiger partial charge in [0.2, 0.25) is 6.79 Å². The van der Waals surface area contributed by atoms with Gasteiger partial charge in [-0.3, -0.25) is 4.79 Å². The van der Waals surface area contributed by atoms with Gasteiger partial charge in [-0.1, -0.05) is 29.8 Å². The van der Waals surface area contributed by atoms with E-state index in [1.54, 1.807) is 12.1 Å². The minimum atomic E-state index is -0.287. The monoisotopic (exact) mass is 396 g/mol. The topological polar surface area (TPSA) is 85.4 Å². The van der Waals surface area contributed by atoms with Crippen LogP contribution in [-0.2, 0) is 13.1 Å². The van der Waals surface area contributed by atoms with Gasteiger partial charge >= 0.3 is 0 Å². The molecule has 0 saturated heterocycles. The normalized spacial score (nSPS) is 11.9. The Morgan fingerprint density at radius 1 is 0.964 bits per heavy atom. The van der Waals surface area contributed by atoms with Gasteiger partial charge in [-0.05, 0) is 35.4 Å². The van der Waals surface area contributed by atoms with Crippen molar-refractivity contribution in [1.82, 2.24) is 15.3 Å². The molecule has 1 amide bonds. The van der Waals surface area contributed by atoms with Gasteiger partial charge in [0.1, 0.15) is 11.5 Å². The van der Waals surface area contributed by atoms with Gasteiger partial charge in [0.05, 0.1) is 12.4 Å².